The Morgan fingerprint density at radius 1 is 1.50 bits per heavy atom. The molecule has 0 saturated carbocycles. The Labute approximate surface area is 124 Å². The van der Waals surface area contributed by atoms with Crippen LogP contribution < -0.4 is 5.32 Å². The molecule has 0 aliphatic carbocycles. The lowest BCUT2D eigenvalue weighted by molar-refractivity contribution is -0.120. The fraction of sp³-hybridized carbons (Fsp3) is 0.600. The molecule has 0 saturated heterocycles. The normalized spacial score (nSPS) is 12.7. The molecule has 0 aliphatic heterocycles. The van der Waals surface area contributed by atoms with Gasteiger partial charge in [0.15, 0.2) is 4.96 Å². The molecule has 1 N–H and O–H groups in total. The van der Waals surface area contributed by atoms with E-state index in [-0.39, 0.29) is 5.91 Å². The minimum Gasteiger partial charge on any atom is -0.355 e. The van der Waals surface area contributed by atoms with E-state index in [1.165, 1.54) is 19.3 Å². The number of nitrogens with zero attached hydrogens (tertiary/aromatic N) is 2. The van der Waals surface area contributed by atoms with Gasteiger partial charge in [0.1, 0.15) is 0 Å². The zero-order chi connectivity index (χ0) is 14.4. The van der Waals surface area contributed by atoms with Gasteiger partial charge in [0.05, 0.1) is 12.1 Å². The largest absolute Gasteiger partial charge is 0.355 e. The fourth-order valence-electron chi connectivity index (χ4n) is 2.29. The van der Waals surface area contributed by atoms with E-state index in [0.717, 1.165) is 23.6 Å². The van der Waals surface area contributed by atoms with Crippen molar-refractivity contribution in [2.75, 3.05) is 6.54 Å². The van der Waals surface area contributed by atoms with Crippen molar-refractivity contribution in [1.82, 2.24) is 14.7 Å². The molecule has 0 fully saturated rings. The molecule has 110 valence electrons. The first kappa shape index (κ1) is 15.0. The molecular weight excluding hydrogens is 270 g/mol. The van der Waals surface area contributed by atoms with E-state index < -0.39 is 0 Å². The molecule has 0 aliphatic rings. The van der Waals surface area contributed by atoms with E-state index in [0.29, 0.717) is 12.3 Å². The lowest BCUT2D eigenvalue weighted by Crippen LogP contribution is -2.30. The van der Waals surface area contributed by atoms with Crippen LogP contribution in [0.3, 0.4) is 0 Å². The fourth-order valence-corrected chi connectivity index (χ4v) is 3.01. The van der Waals surface area contributed by atoms with Gasteiger partial charge in [-0.15, -0.1) is 11.3 Å². The zero-order valence-electron chi connectivity index (χ0n) is 12.3. The molecule has 1 atom stereocenters. The number of aromatic nitrogens is 2. The minimum absolute atomic E-state index is 0.0747. The minimum atomic E-state index is 0.0747. The van der Waals surface area contributed by atoms with Crippen LogP contribution >= 0.6 is 11.3 Å². The van der Waals surface area contributed by atoms with Crippen molar-refractivity contribution in [3.63, 3.8) is 0 Å². The number of carbonyl (C=O) groups excluding carboxylic acids is 1. The van der Waals surface area contributed by atoms with Gasteiger partial charge in [0, 0.05) is 24.3 Å². The third-order valence-corrected chi connectivity index (χ3v) is 4.39. The number of unbranched alkanes of at least 4 members (excludes halogenated alkanes) is 1. The molecule has 1 amide bonds. The first-order chi connectivity index (χ1) is 9.72. The standard InChI is InChI=1S/C15H23N3OS/c1-3-5-6-12(4-2)10-16-14(19)9-13-11-18-7-8-20-15(18)17-13/h7-8,11-12H,3-6,9-10H2,1-2H3,(H,16,19). The molecule has 5 heteroatoms. The maximum absolute atomic E-state index is 11.9. The van der Waals surface area contributed by atoms with E-state index in [9.17, 15) is 4.79 Å². The number of imidazole rings is 1. The highest BCUT2D eigenvalue weighted by atomic mass is 32.1. The molecule has 4 nitrogen and oxygen atoms in total. The summed E-state index contributed by atoms with van der Waals surface area (Å²) >= 11 is 1.59. The van der Waals surface area contributed by atoms with Gasteiger partial charge in [-0.3, -0.25) is 9.20 Å². The summed E-state index contributed by atoms with van der Waals surface area (Å²) in [6, 6.07) is 0. The number of amides is 1. The van der Waals surface area contributed by atoms with Crippen LogP contribution in [0.5, 0.6) is 0 Å². The lowest BCUT2D eigenvalue weighted by Gasteiger charge is -2.14. The summed E-state index contributed by atoms with van der Waals surface area (Å²) in [4.78, 5) is 17.3. The smallest absolute Gasteiger partial charge is 0.226 e. The van der Waals surface area contributed by atoms with Crippen LogP contribution in [0.1, 0.15) is 45.2 Å². The van der Waals surface area contributed by atoms with Crippen LogP contribution in [0, 0.1) is 5.92 Å². The van der Waals surface area contributed by atoms with Gasteiger partial charge in [0.2, 0.25) is 5.91 Å². The molecule has 2 aromatic heterocycles. The van der Waals surface area contributed by atoms with Crippen molar-refractivity contribution in [2.24, 2.45) is 5.92 Å². The Balaban J connectivity index is 1.78. The van der Waals surface area contributed by atoms with Crippen molar-refractivity contribution in [2.45, 2.75) is 46.0 Å². The van der Waals surface area contributed by atoms with Crippen LogP contribution in [-0.4, -0.2) is 21.8 Å². The first-order valence-electron chi connectivity index (χ1n) is 7.40. The Kier molecular flexibility index (Phi) is 5.59. The topological polar surface area (TPSA) is 46.4 Å². The van der Waals surface area contributed by atoms with E-state index in [1.54, 1.807) is 11.3 Å². The third kappa shape index (κ3) is 4.07. The van der Waals surface area contributed by atoms with E-state index >= 15 is 0 Å². The maximum Gasteiger partial charge on any atom is 0.226 e. The number of fused-ring (bicyclic) bond motifs is 1. The van der Waals surface area contributed by atoms with Crippen LogP contribution in [-0.2, 0) is 11.2 Å². The predicted molar refractivity (Wildman–Crippen MR) is 83.1 cm³/mol. The molecular formula is C15H23N3OS. The van der Waals surface area contributed by atoms with Crippen molar-refractivity contribution >= 4 is 22.2 Å². The Morgan fingerprint density at radius 2 is 2.35 bits per heavy atom. The van der Waals surface area contributed by atoms with Crippen LogP contribution in [0.15, 0.2) is 17.8 Å². The van der Waals surface area contributed by atoms with E-state index in [1.807, 2.05) is 22.2 Å². The summed E-state index contributed by atoms with van der Waals surface area (Å²) in [5.74, 6) is 0.676. The number of nitrogens with one attached hydrogen (secondary N) is 1. The second-order valence-corrected chi connectivity index (χ2v) is 6.10. The van der Waals surface area contributed by atoms with E-state index in [4.69, 9.17) is 0 Å². The summed E-state index contributed by atoms with van der Waals surface area (Å²) in [7, 11) is 0. The first-order valence-corrected chi connectivity index (χ1v) is 8.28. The molecule has 0 aromatic carbocycles. The van der Waals surface area contributed by atoms with Gasteiger partial charge in [-0.1, -0.05) is 33.1 Å². The number of carbonyl (C=O) groups is 1. The molecule has 2 rings (SSSR count). The highest BCUT2D eigenvalue weighted by molar-refractivity contribution is 7.15. The third-order valence-electron chi connectivity index (χ3n) is 3.62. The van der Waals surface area contributed by atoms with Gasteiger partial charge in [-0.25, -0.2) is 4.98 Å². The lowest BCUT2D eigenvalue weighted by atomic mass is 9.99. The molecule has 20 heavy (non-hydrogen) atoms. The zero-order valence-corrected chi connectivity index (χ0v) is 13.1. The molecule has 2 heterocycles. The van der Waals surface area contributed by atoms with Crippen molar-refractivity contribution in [1.29, 1.82) is 0 Å². The molecule has 0 bridgehead atoms. The Bertz CT molecular complexity index is 518. The van der Waals surface area contributed by atoms with Crippen LogP contribution in [0.25, 0.3) is 4.96 Å². The maximum atomic E-state index is 11.9. The highest BCUT2D eigenvalue weighted by Gasteiger charge is 2.11. The number of thiazole rings is 1. The van der Waals surface area contributed by atoms with Gasteiger partial charge >= 0.3 is 0 Å². The molecule has 0 spiro atoms. The summed E-state index contributed by atoms with van der Waals surface area (Å²) in [6.07, 6.45) is 9.06. The summed E-state index contributed by atoms with van der Waals surface area (Å²) in [6.45, 7) is 5.18. The van der Waals surface area contributed by atoms with Crippen molar-refractivity contribution in [3.8, 4) is 0 Å². The molecule has 1 unspecified atom stereocenters. The second-order valence-electron chi connectivity index (χ2n) is 5.22. The monoisotopic (exact) mass is 293 g/mol. The van der Waals surface area contributed by atoms with E-state index in [2.05, 4.69) is 24.1 Å². The summed E-state index contributed by atoms with van der Waals surface area (Å²) in [5.41, 5.74) is 0.843. The predicted octanol–water partition coefficient (Wildman–Crippen LogP) is 3.27. The van der Waals surface area contributed by atoms with Gasteiger partial charge in [0.25, 0.3) is 0 Å². The number of hydrogen-bond acceptors (Lipinski definition) is 3. The number of rotatable bonds is 8. The number of hydrogen-bond donors (Lipinski definition) is 1. The van der Waals surface area contributed by atoms with Crippen molar-refractivity contribution < 1.29 is 4.79 Å². The summed E-state index contributed by atoms with van der Waals surface area (Å²) in [5, 5.41) is 5.03. The molecule has 2 aromatic rings. The quantitative estimate of drug-likeness (QED) is 0.812. The van der Waals surface area contributed by atoms with Crippen LogP contribution in [0.4, 0.5) is 0 Å². The average Bonchev–Trinajstić information content (AvgIpc) is 3.00. The molecule has 0 radical (unpaired) electrons. The average molecular weight is 293 g/mol. The Hall–Kier alpha value is -1.36. The van der Waals surface area contributed by atoms with Gasteiger partial charge in [-0.2, -0.15) is 0 Å². The van der Waals surface area contributed by atoms with Crippen molar-refractivity contribution in [3.05, 3.63) is 23.5 Å². The highest BCUT2D eigenvalue weighted by Crippen LogP contribution is 2.13. The summed E-state index contributed by atoms with van der Waals surface area (Å²) < 4.78 is 1.96. The van der Waals surface area contributed by atoms with Gasteiger partial charge in [-0.05, 0) is 12.3 Å². The Morgan fingerprint density at radius 3 is 3.05 bits per heavy atom. The second kappa shape index (κ2) is 7.43. The van der Waals surface area contributed by atoms with Crippen LogP contribution in [0.2, 0.25) is 0 Å². The SMILES string of the molecule is CCCCC(CC)CNC(=O)Cc1cn2ccsc2n1. The van der Waals surface area contributed by atoms with Gasteiger partial charge < -0.3 is 5.32 Å².